The van der Waals surface area contributed by atoms with Crippen LogP contribution in [0, 0.1) is 0 Å². The van der Waals surface area contributed by atoms with Gasteiger partial charge < -0.3 is 9.47 Å². The van der Waals surface area contributed by atoms with Gasteiger partial charge in [0.25, 0.3) is 0 Å². The number of sulfone groups is 1. The Bertz CT molecular complexity index is 561. The molecule has 20 heavy (non-hydrogen) atoms. The highest BCUT2D eigenvalue weighted by Gasteiger charge is 2.43. The first-order chi connectivity index (χ1) is 9.18. The molecule has 1 aliphatic rings. The van der Waals surface area contributed by atoms with E-state index in [0.29, 0.717) is 6.61 Å². The third-order valence-corrected chi connectivity index (χ3v) is 3.89. The maximum Gasteiger partial charge on any atom is 0.418 e. The summed E-state index contributed by atoms with van der Waals surface area (Å²) in [4.78, 5) is -0.0345. The first-order valence-corrected chi connectivity index (χ1v) is 7.67. The maximum atomic E-state index is 12.9. The van der Waals surface area contributed by atoms with Crippen molar-refractivity contribution in [3.8, 4) is 0 Å². The minimum atomic E-state index is -4.57. The van der Waals surface area contributed by atoms with Crippen LogP contribution in [0.3, 0.4) is 0 Å². The number of rotatable bonds is 5. The molecule has 0 saturated carbocycles. The molecule has 0 N–H and O–H groups in total. The van der Waals surface area contributed by atoms with E-state index in [1.165, 1.54) is 0 Å². The van der Waals surface area contributed by atoms with Crippen molar-refractivity contribution in [1.82, 2.24) is 0 Å². The van der Waals surface area contributed by atoms with Crippen molar-refractivity contribution in [3.05, 3.63) is 29.8 Å². The molecule has 2 rings (SSSR count). The molecular weight excluding hydrogens is 297 g/mol. The Kier molecular flexibility index (Phi) is 4.08. The van der Waals surface area contributed by atoms with Gasteiger partial charge in [0.1, 0.15) is 6.10 Å². The van der Waals surface area contributed by atoms with E-state index in [4.69, 9.17) is 9.47 Å². The van der Waals surface area contributed by atoms with Gasteiger partial charge in [-0.3, -0.25) is 0 Å². The minimum absolute atomic E-state index is 0.0345. The second-order valence-corrected chi connectivity index (χ2v) is 6.57. The second kappa shape index (κ2) is 5.34. The van der Waals surface area contributed by atoms with Crippen LogP contribution in [0.25, 0.3) is 0 Å². The van der Waals surface area contributed by atoms with Crippen LogP contribution in [-0.4, -0.2) is 40.2 Å². The third kappa shape index (κ3) is 3.94. The fraction of sp³-hybridized carbons (Fsp3) is 0.500. The van der Waals surface area contributed by atoms with Gasteiger partial charge in [-0.25, -0.2) is 8.42 Å². The van der Waals surface area contributed by atoms with Gasteiger partial charge in [0.2, 0.25) is 0 Å². The normalized spacial score (nSPS) is 20.7. The predicted molar refractivity (Wildman–Crippen MR) is 64.0 cm³/mol. The molecule has 1 fully saturated rings. The molecule has 0 bridgehead atoms. The number of hydrogen-bond donors (Lipinski definition) is 0. The zero-order chi connectivity index (χ0) is 15.0. The van der Waals surface area contributed by atoms with Gasteiger partial charge in [-0.2, -0.15) is 13.2 Å². The van der Waals surface area contributed by atoms with E-state index in [1.807, 2.05) is 0 Å². The summed E-state index contributed by atoms with van der Waals surface area (Å²) in [5.74, 6) is 0. The lowest BCUT2D eigenvalue weighted by Crippen LogP contribution is -2.25. The summed E-state index contributed by atoms with van der Waals surface area (Å²) < 4.78 is 71.0. The first kappa shape index (κ1) is 15.3. The maximum absolute atomic E-state index is 12.9. The van der Waals surface area contributed by atoms with Crippen molar-refractivity contribution < 1.29 is 31.1 Å². The zero-order valence-electron chi connectivity index (χ0n) is 10.6. The predicted octanol–water partition coefficient (Wildman–Crippen LogP) is 2.11. The third-order valence-electron chi connectivity index (χ3n) is 2.76. The first-order valence-electron chi connectivity index (χ1n) is 5.78. The topological polar surface area (TPSA) is 55.9 Å². The largest absolute Gasteiger partial charge is 0.418 e. The molecule has 112 valence electrons. The smallest absolute Gasteiger partial charge is 0.371 e. The van der Waals surface area contributed by atoms with E-state index in [1.54, 1.807) is 0 Å². The van der Waals surface area contributed by atoms with Gasteiger partial charge in [-0.15, -0.1) is 0 Å². The van der Waals surface area contributed by atoms with Crippen molar-refractivity contribution in [2.75, 3.05) is 19.5 Å². The summed E-state index contributed by atoms with van der Waals surface area (Å²) in [5.41, 5.74) is -0.134. The Morgan fingerprint density at radius 3 is 2.30 bits per heavy atom. The van der Waals surface area contributed by atoms with Crippen molar-refractivity contribution >= 4 is 9.84 Å². The Morgan fingerprint density at radius 2 is 1.90 bits per heavy atom. The van der Waals surface area contributed by atoms with Crippen LogP contribution in [0.5, 0.6) is 0 Å². The Labute approximate surface area is 114 Å². The molecule has 0 aliphatic carbocycles. The van der Waals surface area contributed by atoms with Crippen LogP contribution in [0.15, 0.2) is 29.2 Å². The van der Waals surface area contributed by atoms with Crippen molar-refractivity contribution in [2.24, 2.45) is 0 Å². The lowest BCUT2D eigenvalue weighted by atomic mass is 10.1. The lowest BCUT2D eigenvalue weighted by Gasteiger charge is -2.21. The Morgan fingerprint density at radius 1 is 1.35 bits per heavy atom. The number of benzene rings is 1. The fourth-order valence-corrected chi connectivity index (χ4v) is 2.27. The van der Waals surface area contributed by atoms with Crippen LogP contribution in [-0.2, 0) is 19.3 Å². The summed E-state index contributed by atoms with van der Waals surface area (Å²) in [6.07, 6.45) is -5.94. The standard InChI is InChI=1S/C12H13F3O4S/c1-20(16,17)10-4-2-8(3-5-10)11(12(13,14)15)19-7-9-6-18-9/h2-5,9,11H,6-7H2,1H3. The van der Waals surface area contributed by atoms with E-state index in [2.05, 4.69) is 0 Å². The van der Waals surface area contributed by atoms with Crippen LogP contribution in [0.4, 0.5) is 13.2 Å². The summed E-state index contributed by atoms with van der Waals surface area (Å²) in [6.45, 7) is 0.260. The SMILES string of the molecule is CS(=O)(=O)c1ccc(C(OCC2CO2)C(F)(F)F)cc1. The molecule has 0 spiro atoms. The van der Waals surface area contributed by atoms with Gasteiger partial charge >= 0.3 is 6.18 Å². The molecule has 1 aromatic rings. The molecule has 2 unspecified atom stereocenters. The molecule has 1 saturated heterocycles. The van der Waals surface area contributed by atoms with Gasteiger partial charge in [-0.1, -0.05) is 12.1 Å². The summed E-state index contributed by atoms with van der Waals surface area (Å²) in [7, 11) is -3.44. The minimum Gasteiger partial charge on any atom is -0.371 e. The second-order valence-electron chi connectivity index (χ2n) is 4.55. The Balaban J connectivity index is 2.19. The number of halogens is 3. The van der Waals surface area contributed by atoms with Crippen LogP contribution in [0.2, 0.25) is 0 Å². The quantitative estimate of drug-likeness (QED) is 0.782. The number of alkyl halides is 3. The molecule has 4 nitrogen and oxygen atoms in total. The molecule has 0 amide bonds. The molecular formula is C12H13F3O4S. The van der Waals surface area contributed by atoms with E-state index in [-0.39, 0.29) is 23.2 Å². The Hall–Kier alpha value is -1.12. The summed E-state index contributed by atoms with van der Waals surface area (Å²) >= 11 is 0. The van der Waals surface area contributed by atoms with Gasteiger partial charge in [-0.05, 0) is 17.7 Å². The average molecular weight is 310 g/mol. The molecule has 1 heterocycles. The van der Waals surface area contributed by atoms with Gasteiger partial charge in [0, 0.05) is 6.26 Å². The van der Waals surface area contributed by atoms with E-state index < -0.39 is 22.1 Å². The number of ether oxygens (including phenoxy) is 2. The van der Waals surface area contributed by atoms with E-state index in [0.717, 1.165) is 30.5 Å². The van der Waals surface area contributed by atoms with Crippen molar-refractivity contribution in [2.45, 2.75) is 23.3 Å². The molecule has 8 heteroatoms. The molecule has 1 aromatic carbocycles. The van der Waals surface area contributed by atoms with E-state index in [9.17, 15) is 21.6 Å². The molecule has 0 radical (unpaired) electrons. The number of epoxide rings is 1. The average Bonchev–Trinajstić information content (AvgIpc) is 3.11. The van der Waals surface area contributed by atoms with Crippen LogP contribution in [0.1, 0.15) is 11.7 Å². The van der Waals surface area contributed by atoms with Gasteiger partial charge in [0.15, 0.2) is 15.9 Å². The molecule has 2 atom stereocenters. The number of hydrogen-bond acceptors (Lipinski definition) is 4. The molecule has 1 aliphatic heterocycles. The van der Waals surface area contributed by atoms with Crippen molar-refractivity contribution in [1.29, 1.82) is 0 Å². The van der Waals surface area contributed by atoms with Crippen molar-refractivity contribution in [3.63, 3.8) is 0 Å². The fourth-order valence-electron chi connectivity index (χ4n) is 1.64. The summed E-state index contributed by atoms with van der Waals surface area (Å²) in [6, 6.07) is 4.51. The van der Waals surface area contributed by atoms with E-state index >= 15 is 0 Å². The van der Waals surface area contributed by atoms with Gasteiger partial charge in [0.05, 0.1) is 18.1 Å². The monoisotopic (exact) mass is 310 g/mol. The highest BCUT2D eigenvalue weighted by molar-refractivity contribution is 7.90. The lowest BCUT2D eigenvalue weighted by molar-refractivity contribution is -0.224. The highest BCUT2D eigenvalue weighted by atomic mass is 32.2. The highest BCUT2D eigenvalue weighted by Crippen LogP contribution is 2.36. The summed E-state index contributed by atoms with van der Waals surface area (Å²) in [5, 5.41) is 0. The zero-order valence-corrected chi connectivity index (χ0v) is 11.4. The van der Waals surface area contributed by atoms with Crippen LogP contribution >= 0.6 is 0 Å². The van der Waals surface area contributed by atoms with Crippen LogP contribution < -0.4 is 0 Å². The molecule has 0 aromatic heterocycles.